The van der Waals surface area contributed by atoms with Crippen LogP contribution in [0, 0.1) is 86.8 Å². The van der Waals surface area contributed by atoms with Gasteiger partial charge in [0, 0.05) is 42.1 Å². The van der Waals surface area contributed by atoms with Gasteiger partial charge in [-0.05, 0) is 126 Å². The molecule has 2 saturated carbocycles. The van der Waals surface area contributed by atoms with Crippen molar-refractivity contribution in [2.45, 2.75) is 160 Å². The first kappa shape index (κ1) is 73.4. The fraction of sp³-hybridized carbons (Fsp3) is 0.508. The lowest BCUT2D eigenvalue weighted by Gasteiger charge is -2.29. The first-order chi connectivity index (χ1) is 42.6. The van der Waals surface area contributed by atoms with Gasteiger partial charge < -0.3 is 51.2 Å². The number of rotatable bonds is 27. The molecule has 0 saturated heterocycles. The van der Waals surface area contributed by atoms with E-state index in [-0.39, 0.29) is 85.3 Å². The molecule has 486 valence electrons. The summed E-state index contributed by atoms with van der Waals surface area (Å²) in [6, 6.07) is 20.2. The lowest BCUT2D eigenvalue weighted by Crippen LogP contribution is -2.39. The van der Waals surface area contributed by atoms with Crippen molar-refractivity contribution in [3.63, 3.8) is 0 Å². The molecule has 0 bridgehead atoms. The maximum absolute atomic E-state index is 13.1. The molecule has 28 heteroatoms. The standard InChI is InChI=1S/C14H21N3O3.C13H18FNO.C13H15N3O4.C13H21N3O3.C8H10N2O3S/c1-10-13(17(19)20)6-7-14(15-10)16-12(9-18)8-11-4-2-3-5-11;1-10-8-11(4-5-12(10)14)15-13(9-16)6-2-3-7-13;1-9-12(16(18)19)4-5-13(14-9)15-10(8-17)7-11-3-2-6-20-11;1-3-4-5-6-11(9-17)15-13-8-7-12(16(18)19)10(2)14-13;1-6-7(10(12)13)2-3-8(9-6)14-5-4-11/h6-7,11-12,18H,2-5,8-9H2,1H3,(H,15,16);4-5,8,15-16H,2-3,6-7,9H2,1H3;2-6,10,17H,7-8H2,1H3,(H,14,15);7-8,11,17H,3-6,9H2,1-2H3,(H,14,15);2-3,11H,4-5H2,1H3/t;;10-;;/m..1../s1. The van der Waals surface area contributed by atoms with Gasteiger partial charge in [0.2, 0.25) is 0 Å². The lowest BCUT2D eigenvalue weighted by molar-refractivity contribution is -0.385. The largest absolute Gasteiger partial charge is 0.469 e. The van der Waals surface area contributed by atoms with E-state index in [0.717, 1.165) is 69.2 Å². The van der Waals surface area contributed by atoms with Gasteiger partial charge in [-0.25, -0.2) is 24.3 Å². The van der Waals surface area contributed by atoms with Gasteiger partial charge in [-0.2, -0.15) is 0 Å². The van der Waals surface area contributed by atoms with Crippen LogP contribution in [0.2, 0.25) is 0 Å². The molecule has 2 aliphatic rings. The van der Waals surface area contributed by atoms with E-state index in [1.165, 1.54) is 73.8 Å². The van der Waals surface area contributed by atoms with Crippen LogP contribution in [-0.4, -0.2) is 128 Å². The molecule has 8 rings (SSSR count). The van der Waals surface area contributed by atoms with Crippen molar-refractivity contribution < 1.29 is 54.0 Å². The molecule has 2 fully saturated rings. The number of halogens is 1. The molecule has 1 aromatic carbocycles. The first-order valence-electron chi connectivity index (χ1n) is 29.6. The number of anilines is 4. The van der Waals surface area contributed by atoms with Gasteiger partial charge in [0.25, 0.3) is 22.7 Å². The highest BCUT2D eigenvalue weighted by Gasteiger charge is 2.33. The van der Waals surface area contributed by atoms with Crippen LogP contribution in [0.4, 0.5) is 50.3 Å². The molecule has 5 aromatic heterocycles. The average molecular weight is 1260 g/mol. The molecule has 0 spiro atoms. The highest BCUT2D eigenvalue weighted by atomic mass is 32.2. The molecule has 2 aliphatic carbocycles. The summed E-state index contributed by atoms with van der Waals surface area (Å²) in [4.78, 5) is 57.3. The summed E-state index contributed by atoms with van der Waals surface area (Å²) in [5, 5.41) is 102. The van der Waals surface area contributed by atoms with Crippen molar-refractivity contribution in [2.24, 2.45) is 5.92 Å². The smallest absolute Gasteiger partial charge is 0.290 e. The number of hydrogen-bond acceptors (Lipinski definition) is 23. The Kier molecular flexibility index (Phi) is 31.7. The minimum absolute atomic E-state index is 0.0112. The van der Waals surface area contributed by atoms with E-state index in [0.29, 0.717) is 68.9 Å². The third-order valence-corrected chi connectivity index (χ3v) is 15.7. The Morgan fingerprint density at radius 3 is 1.53 bits per heavy atom. The fourth-order valence-electron chi connectivity index (χ4n) is 9.98. The molecule has 2 unspecified atom stereocenters. The SMILES string of the molecule is CCCCCC(CO)Nc1ccc([N+](=O)[O-])c(C)n1.Cc1cc(NC2(CO)CCCC2)ccc1F.Cc1nc(NC(CO)CC2CCCC2)ccc1[N+](=O)[O-].Cc1nc(N[C@@H](CO)Cc2ccco2)ccc1[N+](=O)[O-].Cc1nc(SCCO)ccc1[N+](=O)[O-]. The molecule has 0 amide bonds. The van der Waals surface area contributed by atoms with E-state index in [4.69, 9.17) is 9.52 Å². The molecule has 0 radical (unpaired) electrons. The van der Waals surface area contributed by atoms with E-state index < -0.39 is 19.7 Å². The van der Waals surface area contributed by atoms with Crippen molar-refractivity contribution in [3.8, 4) is 0 Å². The number of hydrogen-bond donors (Lipinski definition) is 9. The predicted octanol–water partition coefficient (Wildman–Crippen LogP) is 11.4. The van der Waals surface area contributed by atoms with Crippen LogP contribution in [0.15, 0.2) is 94.6 Å². The van der Waals surface area contributed by atoms with Gasteiger partial charge in [0.05, 0.1) is 87.7 Å². The second-order valence-corrected chi connectivity index (χ2v) is 22.8. The number of aryl methyl sites for hydroxylation is 5. The van der Waals surface area contributed by atoms with Crippen LogP contribution >= 0.6 is 11.8 Å². The Morgan fingerprint density at radius 1 is 0.629 bits per heavy atom. The minimum Gasteiger partial charge on any atom is -0.469 e. The first-order valence-corrected chi connectivity index (χ1v) is 30.6. The Labute approximate surface area is 521 Å². The van der Waals surface area contributed by atoms with Gasteiger partial charge >= 0.3 is 0 Å². The molecule has 5 heterocycles. The van der Waals surface area contributed by atoms with Gasteiger partial charge in [-0.1, -0.05) is 64.7 Å². The van der Waals surface area contributed by atoms with Crippen molar-refractivity contribution in [1.82, 2.24) is 19.9 Å². The number of furan rings is 1. The summed E-state index contributed by atoms with van der Waals surface area (Å²) in [7, 11) is 0. The Hall–Kier alpha value is -8.02. The fourth-order valence-corrected chi connectivity index (χ4v) is 10.6. The monoisotopic (exact) mass is 1260 g/mol. The average Bonchev–Trinajstić information content (AvgIpc) is 3.91. The summed E-state index contributed by atoms with van der Waals surface area (Å²) in [5.41, 5.74) is 2.87. The number of nitrogens with zero attached hydrogens (tertiary/aromatic N) is 8. The third kappa shape index (κ3) is 25.2. The number of thioether (sulfide) groups is 1. The Bertz CT molecular complexity index is 3160. The molecule has 3 atom stereocenters. The summed E-state index contributed by atoms with van der Waals surface area (Å²) >= 11 is 1.37. The highest BCUT2D eigenvalue weighted by molar-refractivity contribution is 7.99. The number of unbranched alkanes of at least 4 members (excludes halogenated alkanes) is 2. The number of nitrogens with one attached hydrogen (secondary N) is 4. The van der Waals surface area contributed by atoms with Crippen molar-refractivity contribution in [3.05, 3.63) is 165 Å². The number of aromatic nitrogens is 4. The number of nitro groups is 4. The van der Waals surface area contributed by atoms with Crippen LogP contribution in [0.5, 0.6) is 0 Å². The lowest BCUT2D eigenvalue weighted by atomic mass is 9.98. The van der Waals surface area contributed by atoms with Crippen molar-refractivity contribution >= 4 is 57.7 Å². The van der Waals surface area contributed by atoms with Crippen molar-refractivity contribution in [2.75, 3.05) is 60.1 Å². The Morgan fingerprint density at radius 2 is 1.11 bits per heavy atom. The van der Waals surface area contributed by atoms with Crippen LogP contribution in [0.1, 0.15) is 124 Å². The van der Waals surface area contributed by atoms with Gasteiger partial charge in [0.15, 0.2) is 0 Å². The molecule has 89 heavy (non-hydrogen) atoms. The zero-order chi connectivity index (χ0) is 65.5. The van der Waals surface area contributed by atoms with E-state index in [9.17, 15) is 65.3 Å². The van der Waals surface area contributed by atoms with Gasteiger partial charge in [0.1, 0.15) is 51.8 Å². The number of benzene rings is 1. The number of aliphatic hydroxyl groups is 5. The molecular weight excluding hydrogens is 1180 g/mol. The van der Waals surface area contributed by atoms with E-state index in [1.54, 1.807) is 77.3 Å². The third-order valence-electron chi connectivity index (χ3n) is 14.8. The van der Waals surface area contributed by atoms with Gasteiger partial charge in [-0.15, -0.1) is 11.8 Å². The molecule has 0 aliphatic heterocycles. The molecule has 6 aromatic rings. The van der Waals surface area contributed by atoms with E-state index >= 15 is 0 Å². The molecular formula is C61H85FN12O14S. The van der Waals surface area contributed by atoms with E-state index in [2.05, 4.69) is 48.1 Å². The minimum atomic E-state index is -0.474. The summed E-state index contributed by atoms with van der Waals surface area (Å²) < 4.78 is 18.3. The van der Waals surface area contributed by atoms with Gasteiger partial charge in [-0.3, -0.25) is 40.5 Å². The zero-order valence-electron chi connectivity index (χ0n) is 51.3. The van der Waals surface area contributed by atoms with Crippen molar-refractivity contribution in [1.29, 1.82) is 0 Å². The summed E-state index contributed by atoms with van der Waals surface area (Å²) in [6.07, 6.45) is 16.4. The molecule has 9 N–H and O–H groups in total. The summed E-state index contributed by atoms with van der Waals surface area (Å²) in [6.45, 7) is 10.5. The van der Waals surface area contributed by atoms with Crippen LogP contribution < -0.4 is 21.3 Å². The maximum Gasteiger partial charge on any atom is 0.290 e. The van der Waals surface area contributed by atoms with Crippen LogP contribution in [0.3, 0.4) is 0 Å². The molecule has 26 nitrogen and oxygen atoms in total. The maximum atomic E-state index is 13.1. The zero-order valence-corrected chi connectivity index (χ0v) is 52.1. The quantitative estimate of drug-likeness (QED) is 0.0100. The van der Waals surface area contributed by atoms with E-state index in [1.807, 2.05) is 6.07 Å². The number of pyridine rings is 4. The van der Waals surface area contributed by atoms with Crippen LogP contribution in [-0.2, 0) is 6.42 Å². The topological polar surface area (TPSA) is 387 Å². The Balaban J connectivity index is 0.000000239. The van der Waals surface area contributed by atoms with Crippen LogP contribution in [0.25, 0.3) is 0 Å². The summed E-state index contributed by atoms with van der Waals surface area (Å²) in [5.74, 6) is 3.41. The normalized spacial score (nSPS) is 14.1. The highest BCUT2D eigenvalue weighted by Crippen LogP contribution is 2.34. The second kappa shape index (κ2) is 38.4. The second-order valence-electron chi connectivity index (χ2n) is 21.7. The number of aliphatic hydroxyl groups excluding tert-OH is 5. The predicted molar refractivity (Wildman–Crippen MR) is 340 cm³/mol.